The maximum absolute atomic E-state index is 14.1. The van der Waals surface area contributed by atoms with Gasteiger partial charge in [-0.05, 0) is 29.8 Å². The summed E-state index contributed by atoms with van der Waals surface area (Å²) in [5.41, 5.74) is 1.41. The van der Waals surface area contributed by atoms with Crippen molar-refractivity contribution in [2.75, 3.05) is 41.7 Å². The van der Waals surface area contributed by atoms with Crippen LogP contribution in [0.25, 0.3) is 0 Å². The molecule has 6 nitrogen and oxygen atoms in total. The largest absolute Gasteiger partial charge is 0.366 e. The average Bonchev–Trinajstić information content (AvgIpc) is 2.82. The molecule has 1 fully saturated rings. The Balaban J connectivity index is 1.31. The van der Waals surface area contributed by atoms with Gasteiger partial charge in [-0.3, -0.25) is 4.79 Å². The smallest absolute Gasteiger partial charge is 0.230 e. The van der Waals surface area contributed by atoms with Crippen LogP contribution in [0.4, 0.5) is 20.3 Å². The van der Waals surface area contributed by atoms with Crippen molar-refractivity contribution in [1.29, 1.82) is 0 Å². The minimum absolute atomic E-state index is 0.127. The number of halogens is 3. The van der Waals surface area contributed by atoms with Crippen LogP contribution in [-0.4, -0.2) is 47.8 Å². The van der Waals surface area contributed by atoms with E-state index in [1.807, 2.05) is 11.0 Å². The first-order valence-corrected chi connectivity index (χ1v) is 11.8. The summed E-state index contributed by atoms with van der Waals surface area (Å²) < 4.78 is 27.0. The first kappa shape index (κ1) is 23.3. The summed E-state index contributed by atoms with van der Waals surface area (Å²) in [6, 6.07) is 14.4. The third-order valence-corrected chi connectivity index (χ3v) is 6.23. The van der Waals surface area contributed by atoms with E-state index in [9.17, 15) is 13.6 Å². The Labute approximate surface area is 200 Å². The van der Waals surface area contributed by atoms with Gasteiger partial charge in [-0.1, -0.05) is 47.6 Å². The highest BCUT2D eigenvalue weighted by Gasteiger charge is 2.21. The maximum Gasteiger partial charge on any atom is 0.230 e. The van der Waals surface area contributed by atoms with Gasteiger partial charge >= 0.3 is 0 Å². The van der Waals surface area contributed by atoms with Gasteiger partial charge in [0.05, 0.1) is 11.4 Å². The Bertz CT molecular complexity index is 1110. The summed E-state index contributed by atoms with van der Waals surface area (Å²) >= 11 is 7.39. The van der Waals surface area contributed by atoms with Crippen molar-refractivity contribution in [3.8, 4) is 0 Å². The van der Waals surface area contributed by atoms with Crippen LogP contribution >= 0.6 is 23.4 Å². The molecule has 1 amide bonds. The maximum atomic E-state index is 14.1. The first-order valence-electron chi connectivity index (χ1n) is 10.4. The van der Waals surface area contributed by atoms with E-state index in [0.717, 1.165) is 5.56 Å². The third-order valence-electron chi connectivity index (χ3n) is 5.19. The van der Waals surface area contributed by atoms with Crippen molar-refractivity contribution < 1.29 is 13.6 Å². The Morgan fingerprint density at radius 1 is 1.00 bits per heavy atom. The molecule has 33 heavy (non-hydrogen) atoms. The van der Waals surface area contributed by atoms with Gasteiger partial charge in [-0.25, -0.2) is 18.7 Å². The van der Waals surface area contributed by atoms with Crippen LogP contribution < -0.4 is 15.1 Å². The van der Waals surface area contributed by atoms with E-state index in [-0.39, 0.29) is 23.3 Å². The highest BCUT2D eigenvalue weighted by molar-refractivity contribution is 7.99. The molecule has 2 aromatic carbocycles. The molecule has 10 heteroatoms. The number of amides is 1. The van der Waals surface area contributed by atoms with Crippen molar-refractivity contribution in [2.45, 2.75) is 11.7 Å². The highest BCUT2D eigenvalue weighted by Crippen LogP contribution is 2.25. The normalized spacial score (nSPS) is 13.8. The molecule has 0 radical (unpaired) electrons. The molecule has 1 saturated heterocycles. The van der Waals surface area contributed by atoms with Crippen LogP contribution in [-0.2, 0) is 11.3 Å². The first-order chi connectivity index (χ1) is 16.0. The monoisotopic (exact) mass is 489 g/mol. The van der Waals surface area contributed by atoms with E-state index < -0.39 is 0 Å². The van der Waals surface area contributed by atoms with Crippen LogP contribution in [0, 0.1) is 11.6 Å². The van der Waals surface area contributed by atoms with Crippen molar-refractivity contribution in [3.63, 3.8) is 0 Å². The Morgan fingerprint density at radius 2 is 1.70 bits per heavy atom. The van der Waals surface area contributed by atoms with Crippen LogP contribution in [0.3, 0.4) is 0 Å². The van der Waals surface area contributed by atoms with Gasteiger partial charge in [0.2, 0.25) is 5.91 Å². The number of piperazine rings is 1. The van der Waals surface area contributed by atoms with E-state index in [1.54, 1.807) is 30.3 Å². The number of hydrogen-bond donors (Lipinski definition) is 1. The molecule has 1 aliphatic heterocycles. The van der Waals surface area contributed by atoms with Gasteiger partial charge in [-0.2, -0.15) is 0 Å². The molecule has 2 heterocycles. The molecule has 0 saturated carbocycles. The summed E-state index contributed by atoms with van der Waals surface area (Å²) in [4.78, 5) is 25.0. The highest BCUT2D eigenvalue weighted by atomic mass is 35.5. The Kier molecular flexibility index (Phi) is 7.61. The van der Waals surface area contributed by atoms with E-state index in [2.05, 4.69) is 20.2 Å². The fourth-order valence-electron chi connectivity index (χ4n) is 3.48. The lowest BCUT2D eigenvalue weighted by molar-refractivity contribution is -0.118. The number of anilines is 2. The van der Waals surface area contributed by atoms with Crippen LogP contribution in [0.15, 0.2) is 59.8 Å². The quantitative estimate of drug-likeness (QED) is 0.306. The van der Waals surface area contributed by atoms with E-state index in [1.165, 1.54) is 30.0 Å². The standard InChI is InChI=1S/C23H22ClF2N5OS/c24-20-13-21(31-11-9-30(10-12-31)19-4-2-1-3-18(19)26)29-23(28-20)33-15-22(32)27-14-16-5-7-17(25)8-6-16/h1-8,13H,9-12,14-15H2,(H,27,32). The molecule has 0 unspecified atom stereocenters. The summed E-state index contributed by atoms with van der Waals surface area (Å²) in [6.07, 6.45) is 0. The zero-order valence-electron chi connectivity index (χ0n) is 17.7. The van der Waals surface area contributed by atoms with Gasteiger partial charge in [-0.15, -0.1) is 0 Å². The SMILES string of the molecule is O=C(CSc1nc(Cl)cc(N2CCN(c3ccccc3F)CC2)n1)NCc1ccc(F)cc1. The molecular formula is C23H22ClF2N5OS. The van der Waals surface area contributed by atoms with Gasteiger partial charge in [0, 0.05) is 38.8 Å². The molecule has 4 rings (SSSR count). The molecule has 3 aromatic rings. The van der Waals surface area contributed by atoms with Gasteiger partial charge < -0.3 is 15.1 Å². The number of nitrogens with zero attached hydrogens (tertiary/aromatic N) is 4. The predicted molar refractivity (Wildman–Crippen MR) is 127 cm³/mol. The summed E-state index contributed by atoms with van der Waals surface area (Å²) in [7, 11) is 0. The number of thioether (sulfide) groups is 1. The van der Waals surface area contributed by atoms with E-state index in [0.29, 0.717) is 54.5 Å². The number of nitrogens with one attached hydrogen (secondary N) is 1. The topological polar surface area (TPSA) is 61.4 Å². The molecule has 1 N–H and O–H groups in total. The molecule has 1 aliphatic rings. The van der Waals surface area contributed by atoms with Crippen molar-refractivity contribution in [1.82, 2.24) is 15.3 Å². The molecule has 0 spiro atoms. The van der Waals surface area contributed by atoms with Crippen LogP contribution in [0.5, 0.6) is 0 Å². The van der Waals surface area contributed by atoms with Crippen molar-refractivity contribution in [3.05, 3.63) is 76.9 Å². The lowest BCUT2D eigenvalue weighted by Gasteiger charge is -2.36. The third kappa shape index (κ3) is 6.33. The zero-order chi connectivity index (χ0) is 23.2. The molecule has 1 aromatic heterocycles. The van der Waals surface area contributed by atoms with Gasteiger partial charge in [0.1, 0.15) is 22.6 Å². The van der Waals surface area contributed by atoms with Gasteiger partial charge in [0.25, 0.3) is 0 Å². The zero-order valence-corrected chi connectivity index (χ0v) is 19.3. The van der Waals surface area contributed by atoms with Crippen LogP contribution in [0.1, 0.15) is 5.56 Å². The second kappa shape index (κ2) is 10.8. The number of carbonyl (C=O) groups excluding carboxylic acids is 1. The number of hydrogen-bond acceptors (Lipinski definition) is 6. The number of rotatable bonds is 7. The summed E-state index contributed by atoms with van der Waals surface area (Å²) in [6.45, 7) is 2.93. The molecule has 0 atom stereocenters. The second-order valence-corrected chi connectivity index (χ2v) is 8.78. The summed E-state index contributed by atoms with van der Waals surface area (Å²) in [5, 5.41) is 3.49. The lowest BCUT2D eigenvalue weighted by Crippen LogP contribution is -2.47. The predicted octanol–water partition coefficient (Wildman–Crippen LogP) is 4.14. The fourth-order valence-corrected chi connectivity index (χ4v) is 4.39. The number of aromatic nitrogens is 2. The minimum Gasteiger partial charge on any atom is -0.366 e. The number of para-hydroxylation sites is 1. The molecule has 172 valence electrons. The minimum atomic E-state index is -0.316. The molecule has 0 aliphatic carbocycles. The van der Waals surface area contributed by atoms with E-state index >= 15 is 0 Å². The lowest BCUT2D eigenvalue weighted by atomic mass is 10.2. The Hall–Kier alpha value is -2.91. The van der Waals surface area contributed by atoms with E-state index in [4.69, 9.17) is 11.6 Å². The van der Waals surface area contributed by atoms with Crippen molar-refractivity contribution >= 4 is 40.8 Å². The van der Waals surface area contributed by atoms with Crippen molar-refractivity contribution in [2.24, 2.45) is 0 Å². The number of carbonyl (C=O) groups is 1. The summed E-state index contributed by atoms with van der Waals surface area (Å²) in [5.74, 6) is 0.0724. The molecule has 0 bridgehead atoms. The average molecular weight is 490 g/mol. The van der Waals surface area contributed by atoms with Gasteiger partial charge in [0.15, 0.2) is 5.16 Å². The Morgan fingerprint density at radius 3 is 2.42 bits per heavy atom. The van der Waals surface area contributed by atoms with Crippen LogP contribution in [0.2, 0.25) is 5.15 Å². The second-order valence-electron chi connectivity index (χ2n) is 7.45. The fraction of sp³-hybridized carbons (Fsp3) is 0.261. The molecular weight excluding hydrogens is 468 g/mol. The number of benzene rings is 2.